The number of nitrogens with zero attached hydrogens (tertiary/aromatic N) is 1. The third-order valence-electron chi connectivity index (χ3n) is 7.49. The van der Waals surface area contributed by atoms with Crippen molar-refractivity contribution in [1.82, 2.24) is 10.2 Å². The van der Waals surface area contributed by atoms with Gasteiger partial charge in [-0.1, -0.05) is 26.2 Å². The summed E-state index contributed by atoms with van der Waals surface area (Å²) in [7, 11) is 1.43. The Bertz CT molecular complexity index is 1090. The van der Waals surface area contributed by atoms with Gasteiger partial charge in [0.05, 0.1) is 25.7 Å². The minimum Gasteiger partial charge on any atom is -0.493 e. The predicted molar refractivity (Wildman–Crippen MR) is 133 cm³/mol. The fourth-order valence-corrected chi connectivity index (χ4v) is 5.73. The number of carbonyl (C=O) groups excluding carboxylic acids is 4. The standard InChI is InChI=1S/C27H34N2O8/c1-3-20(32)27(35)29(16-7-5-4-6-8-16)19-13-18(26(34)28-9-10-30)22-17-11-15(14-31)12-21(36-2)24(17)37-25(22)23(19)33/h11-14,16,19,22-23,25,30,33H,3-10H2,1-2H3,(H,28,34). The lowest BCUT2D eigenvalue weighted by molar-refractivity contribution is -0.151. The first-order valence-corrected chi connectivity index (χ1v) is 12.8. The van der Waals surface area contributed by atoms with Crippen molar-refractivity contribution in [3.8, 4) is 11.5 Å². The number of carbonyl (C=O) groups is 4. The van der Waals surface area contributed by atoms with E-state index in [1.54, 1.807) is 19.1 Å². The summed E-state index contributed by atoms with van der Waals surface area (Å²) in [4.78, 5) is 52.3. The van der Waals surface area contributed by atoms with Crippen LogP contribution < -0.4 is 14.8 Å². The Labute approximate surface area is 215 Å². The maximum atomic E-state index is 13.4. The zero-order valence-corrected chi connectivity index (χ0v) is 21.1. The molecule has 0 aromatic heterocycles. The number of aliphatic hydroxyl groups excluding tert-OH is 2. The van der Waals surface area contributed by atoms with Crippen molar-refractivity contribution >= 4 is 23.9 Å². The van der Waals surface area contributed by atoms with Crippen molar-refractivity contribution in [3.63, 3.8) is 0 Å². The molecule has 4 rings (SSSR count). The van der Waals surface area contributed by atoms with Crippen LogP contribution >= 0.6 is 0 Å². The summed E-state index contributed by atoms with van der Waals surface area (Å²) in [6.07, 6.45) is 4.21. The van der Waals surface area contributed by atoms with Gasteiger partial charge in [-0.2, -0.15) is 0 Å². The molecule has 4 unspecified atom stereocenters. The lowest BCUT2D eigenvalue weighted by Crippen LogP contribution is -2.59. The van der Waals surface area contributed by atoms with Crippen LogP contribution in [0.3, 0.4) is 0 Å². The van der Waals surface area contributed by atoms with E-state index in [4.69, 9.17) is 9.47 Å². The van der Waals surface area contributed by atoms with E-state index in [9.17, 15) is 29.4 Å². The van der Waals surface area contributed by atoms with Crippen molar-refractivity contribution in [2.24, 2.45) is 0 Å². The van der Waals surface area contributed by atoms with E-state index in [2.05, 4.69) is 5.32 Å². The molecule has 1 aromatic rings. The second kappa shape index (κ2) is 11.4. The smallest absolute Gasteiger partial charge is 0.290 e. The number of rotatable bonds is 9. The van der Waals surface area contributed by atoms with E-state index in [1.165, 1.54) is 18.1 Å². The molecule has 1 fully saturated rings. The Morgan fingerprint density at radius 2 is 1.95 bits per heavy atom. The number of fused-ring (bicyclic) bond motifs is 3. The predicted octanol–water partition coefficient (Wildman–Crippen LogP) is 1.27. The van der Waals surface area contributed by atoms with E-state index in [-0.39, 0.29) is 36.9 Å². The fraction of sp³-hybridized carbons (Fsp3) is 0.556. The van der Waals surface area contributed by atoms with Crippen molar-refractivity contribution in [1.29, 1.82) is 0 Å². The molecule has 1 aromatic carbocycles. The normalized spacial score (nSPS) is 24.7. The second-order valence-corrected chi connectivity index (χ2v) is 9.68. The molecule has 10 nitrogen and oxygen atoms in total. The maximum absolute atomic E-state index is 13.4. The first-order chi connectivity index (χ1) is 17.9. The van der Waals surface area contributed by atoms with Crippen LogP contribution in [0.25, 0.3) is 0 Å². The summed E-state index contributed by atoms with van der Waals surface area (Å²) in [5, 5.41) is 23.5. The number of ether oxygens (including phenoxy) is 2. The molecule has 0 radical (unpaired) electrons. The molecule has 10 heteroatoms. The summed E-state index contributed by atoms with van der Waals surface area (Å²) < 4.78 is 11.6. The largest absolute Gasteiger partial charge is 0.493 e. The first-order valence-electron chi connectivity index (χ1n) is 12.8. The Balaban J connectivity index is 1.84. The molecule has 1 saturated carbocycles. The minimum atomic E-state index is -1.26. The van der Waals surface area contributed by atoms with Crippen LogP contribution in [0.5, 0.6) is 11.5 Å². The number of nitrogens with one attached hydrogen (secondary N) is 1. The summed E-state index contributed by atoms with van der Waals surface area (Å²) in [6, 6.07) is 1.87. The van der Waals surface area contributed by atoms with Crippen LogP contribution in [0, 0.1) is 0 Å². The number of amides is 2. The van der Waals surface area contributed by atoms with Crippen LogP contribution in [-0.4, -0.2) is 83.5 Å². The van der Waals surface area contributed by atoms with Crippen LogP contribution in [0.2, 0.25) is 0 Å². The first kappa shape index (κ1) is 26.8. The van der Waals surface area contributed by atoms with Crippen molar-refractivity contribution < 1.29 is 38.9 Å². The summed E-state index contributed by atoms with van der Waals surface area (Å²) in [6.45, 7) is 1.35. The molecule has 1 aliphatic heterocycles. The average molecular weight is 515 g/mol. The van der Waals surface area contributed by atoms with E-state index in [1.807, 2.05) is 0 Å². The molecule has 200 valence electrons. The average Bonchev–Trinajstić information content (AvgIpc) is 3.32. The quantitative estimate of drug-likeness (QED) is 0.330. The van der Waals surface area contributed by atoms with Crippen LogP contribution in [0.15, 0.2) is 23.8 Å². The highest BCUT2D eigenvalue weighted by molar-refractivity contribution is 6.36. The SMILES string of the molecule is CCC(=O)C(=O)N(C1CCCCC1)C1C=C(C(=O)NCCO)C2c3cc(C=O)cc(OC)c3OC2C1O. The van der Waals surface area contributed by atoms with E-state index in [0.29, 0.717) is 36.0 Å². The molecule has 1 heterocycles. The van der Waals surface area contributed by atoms with Gasteiger partial charge in [0.1, 0.15) is 18.5 Å². The van der Waals surface area contributed by atoms with Gasteiger partial charge in [0, 0.05) is 35.7 Å². The van der Waals surface area contributed by atoms with Gasteiger partial charge in [-0.15, -0.1) is 0 Å². The van der Waals surface area contributed by atoms with Gasteiger partial charge in [-0.05, 0) is 31.1 Å². The Hall–Kier alpha value is -3.24. The van der Waals surface area contributed by atoms with Crippen LogP contribution in [0.4, 0.5) is 0 Å². The molecule has 0 bridgehead atoms. The monoisotopic (exact) mass is 514 g/mol. The highest BCUT2D eigenvalue weighted by Gasteiger charge is 2.52. The molecule has 4 atom stereocenters. The topological polar surface area (TPSA) is 142 Å². The van der Waals surface area contributed by atoms with E-state index in [0.717, 1.165) is 19.3 Å². The van der Waals surface area contributed by atoms with Crippen molar-refractivity contribution in [3.05, 3.63) is 34.9 Å². The van der Waals surface area contributed by atoms with Crippen molar-refractivity contribution in [2.75, 3.05) is 20.3 Å². The number of hydrogen-bond donors (Lipinski definition) is 3. The number of benzene rings is 1. The lowest BCUT2D eigenvalue weighted by atomic mass is 9.76. The number of hydrogen-bond acceptors (Lipinski definition) is 8. The third-order valence-corrected chi connectivity index (χ3v) is 7.49. The highest BCUT2D eigenvalue weighted by atomic mass is 16.5. The van der Waals surface area contributed by atoms with Gasteiger partial charge in [-0.3, -0.25) is 19.2 Å². The number of aliphatic hydroxyl groups is 2. The Morgan fingerprint density at radius 3 is 2.57 bits per heavy atom. The maximum Gasteiger partial charge on any atom is 0.290 e. The highest BCUT2D eigenvalue weighted by Crippen LogP contribution is 2.51. The Morgan fingerprint density at radius 1 is 1.22 bits per heavy atom. The number of methoxy groups -OCH3 is 1. The minimum absolute atomic E-state index is 0.00574. The van der Waals surface area contributed by atoms with Gasteiger partial charge < -0.3 is 29.9 Å². The number of aldehydes is 1. The van der Waals surface area contributed by atoms with Crippen LogP contribution in [0.1, 0.15) is 67.3 Å². The molecule has 3 N–H and O–H groups in total. The number of ketones is 1. The Kier molecular flexibility index (Phi) is 8.29. The van der Waals surface area contributed by atoms with Gasteiger partial charge >= 0.3 is 0 Å². The van der Waals surface area contributed by atoms with Gasteiger partial charge in [0.15, 0.2) is 11.5 Å². The molecule has 0 saturated heterocycles. The van der Waals surface area contributed by atoms with Crippen LogP contribution in [-0.2, 0) is 14.4 Å². The van der Waals surface area contributed by atoms with Gasteiger partial charge in [0.2, 0.25) is 11.7 Å². The molecule has 37 heavy (non-hydrogen) atoms. The molecule has 2 amide bonds. The number of Topliss-reactive ketones (excluding diaryl/α,β-unsaturated/α-hetero) is 1. The molecular weight excluding hydrogens is 480 g/mol. The summed E-state index contributed by atoms with van der Waals surface area (Å²) in [5.74, 6) is -1.89. The molecule has 3 aliphatic rings. The third kappa shape index (κ3) is 5.00. The zero-order valence-electron chi connectivity index (χ0n) is 21.1. The molecule has 0 spiro atoms. The summed E-state index contributed by atoms with van der Waals surface area (Å²) in [5.41, 5.74) is 1.06. The fourth-order valence-electron chi connectivity index (χ4n) is 5.73. The zero-order chi connectivity index (χ0) is 26.7. The summed E-state index contributed by atoms with van der Waals surface area (Å²) >= 11 is 0. The lowest BCUT2D eigenvalue weighted by Gasteiger charge is -2.44. The van der Waals surface area contributed by atoms with Gasteiger partial charge in [0.25, 0.3) is 5.91 Å². The van der Waals surface area contributed by atoms with E-state index < -0.39 is 41.8 Å². The molecular formula is C27H34N2O8. The molecule has 2 aliphatic carbocycles. The second-order valence-electron chi connectivity index (χ2n) is 9.68. The van der Waals surface area contributed by atoms with Gasteiger partial charge in [-0.25, -0.2) is 0 Å². The van der Waals surface area contributed by atoms with Crippen molar-refractivity contribution in [2.45, 2.75) is 75.7 Å². The van der Waals surface area contributed by atoms with E-state index >= 15 is 0 Å².